The van der Waals surface area contributed by atoms with Crippen molar-refractivity contribution in [1.82, 2.24) is 0 Å². The second kappa shape index (κ2) is 5.17. The summed E-state index contributed by atoms with van der Waals surface area (Å²) in [4.78, 5) is 0. The lowest BCUT2D eigenvalue weighted by atomic mass is 10.0. The van der Waals surface area contributed by atoms with Gasteiger partial charge < -0.3 is 5.73 Å². The molecule has 84 valence electrons. The molecule has 0 amide bonds. The lowest BCUT2D eigenvalue weighted by Gasteiger charge is -2.02. The van der Waals surface area contributed by atoms with Gasteiger partial charge in [0.15, 0.2) is 0 Å². The summed E-state index contributed by atoms with van der Waals surface area (Å²) >= 11 is 0. The minimum absolute atomic E-state index is 0.767. The van der Waals surface area contributed by atoms with E-state index in [1.165, 1.54) is 5.56 Å². The van der Waals surface area contributed by atoms with E-state index in [4.69, 9.17) is 5.73 Å². The van der Waals surface area contributed by atoms with Crippen molar-refractivity contribution >= 4 is 23.9 Å². The smallest absolute Gasteiger partial charge is 0.0320 e. The second-order valence-corrected chi connectivity index (χ2v) is 3.84. The molecule has 2 N–H and O–H groups in total. The maximum Gasteiger partial charge on any atom is 0.0320 e. The van der Waals surface area contributed by atoms with Crippen LogP contribution in [0.25, 0.3) is 18.2 Å². The SMILES string of the molecule is C=Cc1ccc(N)cc1/C=C/c1ccccc1. The van der Waals surface area contributed by atoms with Crippen molar-refractivity contribution in [3.05, 3.63) is 71.8 Å². The fraction of sp³-hybridized carbons (Fsp3) is 0. The van der Waals surface area contributed by atoms with Gasteiger partial charge in [0.2, 0.25) is 0 Å². The highest BCUT2D eigenvalue weighted by Gasteiger charge is 1.96. The molecule has 0 unspecified atom stereocenters. The van der Waals surface area contributed by atoms with Crippen molar-refractivity contribution in [1.29, 1.82) is 0 Å². The van der Waals surface area contributed by atoms with Crippen LogP contribution in [0.2, 0.25) is 0 Å². The van der Waals surface area contributed by atoms with Crippen LogP contribution in [0.4, 0.5) is 5.69 Å². The van der Waals surface area contributed by atoms with Gasteiger partial charge in [-0.05, 0) is 28.8 Å². The minimum atomic E-state index is 0.767. The summed E-state index contributed by atoms with van der Waals surface area (Å²) in [6.07, 6.45) is 5.97. The van der Waals surface area contributed by atoms with Crippen molar-refractivity contribution in [2.75, 3.05) is 5.73 Å². The molecule has 0 bridgehead atoms. The molecule has 0 atom stereocenters. The standard InChI is InChI=1S/C16H15N/c1-2-14-10-11-16(17)12-15(14)9-8-13-6-4-3-5-7-13/h2-12H,1,17H2/b9-8+. The van der Waals surface area contributed by atoms with Crippen LogP contribution in [0, 0.1) is 0 Å². The van der Waals surface area contributed by atoms with E-state index in [0.29, 0.717) is 0 Å². The molecule has 0 heterocycles. The Balaban J connectivity index is 2.32. The molecular formula is C16H15N. The number of nitrogen functional groups attached to an aromatic ring is 1. The average Bonchev–Trinajstić information content (AvgIpc) is 2.38. The molecule has 0 aliphatic heterocycles. The molecule has 2 aromatic rings. The third kappa shape index (κ3) is 2.85. The van der Waals surface area contributed by atoms with Crippen molar-refractivity contribution in [2.24, 2.45) is 0 Å². The third-order valence-corrected chi connectivity index (χ3v) is 2.59. The Hall–Kier alpha value is -2.28. The first kappa shape index (κ1) is 11.2. The van der Waals surface area contributed by atoms with Gasteiger partial charge in [-0.1, -0.05) is 61.2 Å². The maximum absolute atomic E-state index is 5.78. The molecule has 0 aliphatic rings. The summed E-state index contributed by atoms with van der Waals surface area (Å²) < 4.78 is 0. The molecule has 0 aliphatic carbocycles. The van der Waals surface area contributed by atoms with Gasteiger partial charge in [0.05, 0.1) is 0 Å². The number of nitrogens with two attached hydrogens (primary N) is 1. The van der Waals surface area contributed by atoms with Crippen LogP contribution in [-0.4, -0.2) is 0 Å². The van der Waals surface area contributed by atoms with Crippen LogP contribution in [0.5, 0.6) is 0 Å². The summed E-state index contributed by atoms with van der Waals surface area (Å²) in [6, 6.07) is 16.0. The molecule has 0 radical (unpaired) electrons. The first-order valence-electron chi connectivity index (χ1n) is 5.54. The van der Waals surface area contributed by atoms with Crippen molar-refractivity contribution < 1.29 is 0 Å². The molecule has 1 nitrogen and oxygen atoms in total. The van der Waals surface area contributed by atoms with Crippen molar-refractivity contribution in [2.45, 2.75) is 0 Å². The molecule has 0 saturated carbocycles. The zero-order chi connectivity index (χ0) is 12.1. The van der Waals surface area contributed by atoms with Crippen LogP contribution >= 0.6 is 0 Å². The van der Waals surface area contributed by atoms with E-state index in [2.05, 4.69) is 30.9 Å². The Morgan fingerprint density at radius 2 is 1.65 bits per heavy atom. The number of hydrogen-bond donors (Lipinski definition) is 1. The summed E-state index contributed by atoms with van der Waals surface area (Å²) in [6.45, 7) is 3.80. The van der Waals surface area contributed by atoms with Gasteiger partial charge in [0, 0.05) is 5.69 Å². The summed E-state index contributed by atoms with van der Waals surface area (Å²) in [7, 11) is 0. The maximum atomic E-state index is 5.78. The van der Waals surface area contributed by atoms with E-state index in [1.54, 1.807) is 0 Å². The van der Waals surface area contributed by atoms with Gasteiger partial charge in [-0.3, -0.25) is 0 Å². The molecular weight excluding hydrogens is 206 g/mol. The quantitative estimate of drug-likeness (QED) is 0.613. The van der Waals surface area contributed by atoms with Crippen LogP contribution < -0.4 is 5.73 Å². The number of benzene rings is 2. The van der Waals surface area contributed by atoms with E-state index in [1.807, 2.05) is 42.5 Å². The van der Waals surface area contributed by atoms with E-state index >= 15 is 0 Å². The number of anilines is 1. The molecule has 2 aromatic carbocycles. The largest absolute Gasteiger partial charge is 0.399 e. The molecule has 2 rings (SSSR count). The van der Waals surface area contributed by atoms with E-state index in [-0.39, 0.29) is 0 Å². The second-order valence-electron chi connectivity index (χ2n) is 3.84. The lowest BCUT2D eigenvalue weighted by Crippen LogP contribution is -1.87. The Labute approximate surface area is 102 Å². The normalized spacial score (nSPS) is 10.6. The molecule has 17 heavy (non-hydrogen) atoms. The molecule has 1 heteroatoms. The van der Waals surface area contributed by atoms with Gasteiger partial charge in [-0.15, -0.1) is 0 Å². The van der Waals surface area contributed by atoms with Crippen LogP contribution in [0.1, 0.15) is 16.7 Å². The highest BCUT2D eigenvalue weighted by Crippen LogP contribution is 2.17. The zero-order valence-corrected chi connectivity index (χ0v) is 9.64. The fourth-order valence-electron chi connectivity index (χ4n) is 1.67. The van der Waals surface area contributed by atoms with Gasteiger partial charge in [-0.25, -0.2) is 0 Å². The highest BCUT2D eigenvalue weighted by atomic mass is 14.5. The van der Waals surface area contributed by atoms with Gasteiger partial charge >= 0.3 is 0 Å². The third-order valence-electron chi connectivity index (χ3n) is 2.59. The summed E-state index contributed by atoms with van der Waals surface area (Å²) in [5, 5.41) is 0. The van der Waals surface area contributed by atoms with Crippen molar-refractivity contribution in [3.8, 4) is 0 Å². The molecule has 0 fully saturated rings. The van der Waals surface area contributed by atoms with Crippen LogP contribution in [0.15, 0.2) is 55.1 Å². The van der Waals surface area contributed by atoms with Gasteiger partial charge in [0.25, 0.3) is 0 Å². The van der Waals surface area contributed by atoms with Gasteiger partial charge in [-0.2, -0.15) is 0 Å². The first-order valence-corrected chi connectivity index (χ1v) is 5.54. The van der Waals surface area contributed by atoms with E-state index in [0.717, 1.165) is 16.8 Å². The molecule has 0 aromatic heterocycles. The topological polar surface area (TPSA) is 26.0 Å². The first-order chi connectivity index (χ1) is 8.29. The monoisotopic (exact) mass is 221 g/mol. The van der Waals surface area contributed by atoms with Crippen molar-refractivity contribution in [3.63, 3.8) is 0 Å². The van der Waals surface area contributed by atoms with Crippen LogP contribution in [0.3, 0.4) is 0 Å². The average molecular weight is 221 g/mol. The summed E-state index contributed by atoms with van der Waals surface area (Å²) in [5.41, 5.74) is 9.90. The highest BCUT2D eigenvalue weighted by molar-refractivity contribution is 5.76. The Bertz CT molecular complexity index is 539. The minimum Gasteiger partial charge on any atom is -0.399 e. The molecule has 0 saturated heterocycles. The molecule has 0 spiro atoms. The predicted octanol–water partition coefficient (Wildman–Crippen LogP) is 4.08. The van der Waals surface area contributed by atoms with Crippen LogP contribution in [-0.2, 0) is 0 Å². The predicted molar refractivity (Wildman–Crippen MR) is 76.3 cm³/mol. The Kier molecular flexibility index (Phi) is 3.41. The van der Waals surface area contributed by atoms with E-state index < -0.39 is 0 Å². The van der Waals surface area contributed by atoms with E-state index in [9.17, 15) is 0 Å². The number of rotatable bonds is 3. The summed E-state index contributed by atoms with van der Waals surface area (Å²) in [5.74, 6) is 0. The zero-order valence-electron chi connectivity index (χ0n) is 9.64. The number of hydrogen-bond acceptors (Lipinski definition) is 1. The Morgan fingerprint density at radius 1 is 0.882 bits per heavy atom. The van der Waals surface area contributed by atoms with Gasteiger partial charge in [0.1, 0.15) is 0 Å². The Morgan fingerprint density at radius 3 is 2.35 bits per heavy atom. The fourth-order valence-corrected chi connectivity index (χ4v) is 1.67. The lowest BCUT2D eigenvalue weighted by molar-refractivity contribution is 1.60.